The molecule has 17 heavy (non-hydrogen) atoms. The molecule has 100 valence electrons. The summed E-state index contributed by atoms with van der Waals surface area (Å²) in [4.78, 5) is 2.78. The molecule has 0 spiro atoms. The Morgan fingerprint density at radius 3 is 2.41 bits per heavy atom. The average molecular weight is 238 g/mol. The van der Waals surface area contributed by atoms with Gasteiger partial charge in [0.25, 0.3) is 0 Å². The average Bonchev–Trinajstić information content (AvgIpc) is 3.04. The van der Waals surface area contributed by atoms with Crippen molar-refractivity contribution in [3.63, 3.8) is 0 Å². The molecule has 0 aliphatic heterocycles. The van der Waals surface area contributed by atoms with E-state index in [0.717, 1.165) is 30.3 Å². The van der Waals surface area contributed by atoms with Crippen molar-refractivity contribution in [2.75, 3.05) is 19.6 Å². The van der Waals surface area contributed by atoms with Crippen LogP contribution >= 0.6 is 0 Å². The third-order valence-corrected chi connectivity index (χ3v) is 4.65. The summed E-state index contributed by atoms with van der Waals surface area (Å²) in [7, 11) is 0. The summed E-state index contributed by atoms with van der Waals surface area (Å²) in [5.74, 6) is 2.55. The highest BCUT2D eigenvalue weighted by atomic mass is 15.2. The van der Waals surface area contributed by atoms with E-state index in [1.54, 1.807) is 0 Å². The fourth-order valence-corrected chi connectivity index (χ4v) is 3.25. The van der Waals surface area contributed by atoms with Crippen molar-refractivity contribution < 1.29 is 0 Å². The lowest BCUT2D eigenvalue weighted by atomic mass is 9.95. The predicted octanol–water partition coefficient (Wildman–Crippen LogP) is 2.87. The molecule has 2 rings (SSSR count). The summed E-state index contributed by atoms with van der Waals surface area (Å²) >= 11 is 0. The minimum Gasteiger partial charge on any atom is -0.330 e. The molecule has 2 heteroatoms. The van der Waals surface area contributed by atoms with Crippen LogP contribution in [0.2, 0.25) is 0 Å². The van der Waals surface area contributed by atoms with Crippen LogP contribution in [0, 0.1) is 17.8 Å². The Balaban J connectivity index is 1.80. The Labute approximate surface area is 107 Å². The Hall–Kier alpha value is -0.0800. The van der Waals surface area contributed by atoms with E-state index in [4.69, 9.17) is 5.73 Å². The van der Waals surface area contributed by atoms with E-state index in [2.05, 4.69) is 18.7 Å². The molecule has 2 fully saturated rings. The van der Waals surface area contributed by atoms with Gasteiger partial charge in [-0.1, -0.05) is 20.3 Å². The van der Waals surface area contributed by atoms with Crippen LogP contribution in [0.15, 0.2) is 0 Å². The maximum Gasteiger partial charge on any atom is 0.00965 e. The molecule has 0 aromatic heterocycles. The van der Waals surface area contributed by atoms with Crippen LogP contribution in [-0.4, -0.2) is 30.6 Å². The zero-order valence-electron chi connectivity index (χ0n) is 11.7. The molecule has 0 amide bonds. The monoisotopic (exact) mass is 238 g/mol. The van der Waals surface area contributed by atoms with Crippen molar-refractivity contribution in [1.82, 2.24) is 4.90 Å². The second kappa shape index (κ2) is 6.19. The van der Waals surface area contributed by atoms with Crippen LogP contribution < -0.4 is 5.73 Å². The first-order valence-corrected chi connectivity index (χ1v) is 7.64. The molecular formula is C15H30N2. The lowest BCUT2D eigenvalue weighted by molar-refractivity contribution is 0.189. The summed E-state index contributed by atoms with van der Waals surface area (Å²) < 4.78 is 0. The molecule has 2 atom stereocenters. The van der Waals surface area contributed by atoms with Crippen molar-refractivity contribution in [3.8, 4) is 0 Å². The topological polar surface area (TPSA) is 29.3 Å². The van der Waals surface area contributed by atoms with E-state index in [0.29, 0.717) is 0 Å². The number of hydrogen-bond acceptors (Lipinski definition) is 2. The smallest absolute Gasteiger partial charge is 0.00965 e. The highest BCUT2D eigenvalue weighted by Crippen LogP contribution is 2.35. The molecule has 0 aromatic carbocycles. The van der Waals surface area contributed by atoms with Gasteiger partial charge < -0.3 is 10.6 Å². The fourth-order valence-electron chi connectivity index (χ4n) is 3.25. The second-order valence-corrected chi connectivity index (χ2v) is 6.60. The summed E-state index contributed by atoms with van der Waals surface area (Å²) in [5.41, 5.74) is 5.90. The largest absolute Gasteiger partial charge is 0.330 e. The van der Waals surface area contributed by atoms with Gasteiger partial charge in [-0.3, -0.25) is 0 Å². The van der Waals surface area contributed by atoms with Crippen LogP contribution in [0.3, 0.4) is 0 Å². The van der Waals surface area contributed by atoms with Crippen LogP contribution in [0.25, 0.3) is 0 Å². The normalized spacial score (nSPS) is 29.5. The van der Waals surface area contributed by atoms with Gasteiger partial charge in [0.15, 0.2) is 0 Å². The lowest BCUT2D eigenvalue weighted by Gasteiger charge is -2.28. The first kappa shape index (κ1) is 13.4. The molecule has 2 aliphatic rings. The molecular weight excluding hydrogens is 208 g/mol. The van der Waals surface area contributed by atoms with Crippen molar-refractivity contribution in [2.24, 2.45) is 23.5 Å². The van der Waals surface area contributed by atoms with E-state index in [1.165, 1.54) is 51.6 Å². The summed E-state index contributed by atoms with van der Waals surface area (Å²) in [6.45, 7) is 8.23. The predicted molar refractivity (Wildman–Crippen MR) is 73.9 cm³/mol. The number of rotatable bonds is 7. The Morgan fingerprint density at radius 2 is 1.82 bits per heavy atom. The molecule has 0 radical (unpaired) electrons. The zero-order valence-corrected chi connectivity index (χ0v) is 11.7. The van der Waals surface area contributed by atoms with Gasteiger partial charge in [-0.05, 0) is 62.9 Å². The van der Waals surface area contributed by atoms with Gasteiger partial charge in [0, 0.05) is 12.6 Å². The summed E-state index contributed by atoms with van der Waals surface area (Å²) in [5, 5.41) is 0. The quantitative estimate of drug-likeness (QED) is 0.739. The Kier molecular flexibility index (Phi) is 4.87. The SMILES string of the molecule is CC(C)CCN(CC1CCCC1CN)C1CC1. The molecule has 2 nitrogen and oxygen atoms in total. The molecule has 2 N–H and O–H groups in total. The van der Waals surface area contributed by atoms with Gasteiger partial charge in [-0.2, -0.15) is 0 Å². The maximum absolute atomic E-state index is 5.90. The summed E-state index contributed by atoms with van der Waals surface area (Å²) in [6.07, 6.45) is 8.46. The van der Waals surface area contributed by atoms with E-state index >= 15 is 0 Å². The van der Waals surface area contributed by atoms with Gasteiger partial charge in [0.05, 0.1) is 0 Å². The molecule has 2 saturated carbocycles. The van der Waals surface area contributed by atoms with Gasteiger partial charge >= 0.3 is 0 Å². The van der Waals surface area contributed by atoms with E-state index < -0.39 is 0 Å². The summed E-state index contributed by atoms with van der Waals surface area (Å²) in [6, 6.07) is 0.924. The first-order valence-electron chi connectivity index (χ1n) is 7.64. The number of nitrogens with two attached hydrogens (primary N) is 1. The number of nitrogens with zero attached hydrogens (tertiary/aromatic N) is 1. The standard InChI is InChI=1S/C15H30N2/c1-12(2)8-9-17(15-6-7-15)11-14-5-3-4-13(14)10-16/h12-15H,3-11,16H2,1-2H3. The van der Waals surface area contributed by atoms with Crippen LogP contribution in [0.4, 0.5) is 0 Å². The van der Waals surface area contributed by atoms with Crippen LogP contribution in [-0.2, 0) is 0 Å². The second-order valence-electron chi connectivity index (χ2n) is 6.60. The highest BCUT2D eigenvalue weighted by Gasteiger charge is 2.33. The van der Waals surface area contributed by atoms with Crippen molar-refractivity contribution in [1.29, 1.82) is 0 Å². The van der Waals surface area contributed by atoms with E-state index in [9.17, 15) is 0 Å². The van der Waals surface area contributed by atoms with Crippen molar-refractivity contribution >= 4 is 0 Å². The number of hydrogen-bond donors (Lipinski definition) is 1. The maximum atomic E-state index is 5.90. The van der Waals surface area contributed by atoms with E-state index in [1.807, 2.05) is 0 Å². The minimum absolute atomic E-state index is 0.815. The lowest BCUT2D eigenvalue weighted by Crippen LogP contribution is -2.35. The molecule has 2 unspecified atom stereocenters. The van der Waals surface area contributed by atoms with Crippen molar-refractivity contribution in [3.05, 3.63) is 0 Å². The molecule has 0 bridgehead atoms. The molecule has 0 aromatic rings. The van der Waals surface area contributed by atoms with Gasteiger partial charge in [0.2, 0.25) is 0 Å². The third-order valence-electron chi connectivity index (χ3n) is 4.65. The van der Waals surface area contributed by atoms with Crippen LogP contribution in [0.5, 0.6) is 0 Å². The first-order chi connectivity index (χ1) is 8.20. The fraction of sp³-hybridized carbons (Fsp3) is 1.00. The van der Waals surface area contributed by atoms with E-state index in [-0.39, 0.29) is 0 Å². The highest BCUT2D eigenvalue weighted by molar-refractivity contribution is 4.88. The molecule has 2 aliphatic carbocycles. The Morgan fingerprint density at radius 1 is 1.12 bits per heavy atom. The van der Waals surface area contributed by atoms with Crippen LogP contribution in [0.1, 0.15) is 52.4 Å². The Bertz CT molecular complexity index is 223. The molecule has 0 saturated heterocycles. The minimum atomic E-state index is 0.815. The van der Waals surface area contributed by atoms with Gasteiger partial charge in [-0.15, -0.1) is 0 Å². The third kappa shape index (κ3) is 3.96. The zero-order chi connectivity index (χ0) is 12.3. The van der Waals surface area contributed by atoms with Gasteiger partial charge in [-0.25, -0.2) is 0 Å². The molecule has 0 heterocycles. The van der Waals surface area contributed by atoms with Gasteiger partial charge in [0.1, 0.15) is 0 Å². The van der Waals surface area contributed by atoms with Crippen molar-refractivity contribution in [2.45, 2.75) is 58.4 Å².